The van der Waals surface area contributed by atoms with Crippen LogP contribution in [0.25, 0.3) is 11.3 Å². The Morgan fingerprint density at radius 2 is 1.90 bits per heavy atom. The molecule has 1 saturated carbocycles. The third-order valence-corrected chi connectivity index (χ3v) is 4.50. The number of carbonyl (C=O) groups is 1. The van der Waals surface area contributed by atoms with Gasteiger partial charge in [-0.3, -0.25) is 10.1 Å². The second-order valence-corrected chi connectivity index (χ2v) is 6.14. The summed E-state index contributed by atoms with van der Waals surface area (Å²) in [6.07, 6.45) is 2.77. The smallest absolute Gasteiger partial charge is 0.258 e. The molecule has 21 heavy (non-hydrogen) atoms. The van der Waals surface area contributed by atoms with Gasteiger partial charge in [-0.15, -0.1) is 11.3 Å². The molecule has 0 aliphatic heterocycles. The van der Waals surface area contributed by atoms with Crippen LogP contribution in [0.15, 0.2) is 29.6 Å². The van der Waals surface area contributed by atoms with Gasteiger partial charge in [0.2, 0.25) is 0 Å². The Kier molecular flexibility index (Phi) is 3.65. The molecule has 0 spiro atoms. The zero-order chi connectivity index (χ0) is 14.9. The first-order valence-corrected chi connectivity index (χ1v) is 7.74. The van der Waals surface area contributed by atoms with Crippen molar-refractivity contribution in [2.24, 2.45) is 0 Å². The first-order chi connectivity index (χ1) is 10.1. The maximum absolute atomic E-state index is 12.1. The molecule has 110 valence electrons. The lowest BCUT2D eigenvalue weighted by molar-refractivity contribution is -0.133. The summed E-state index contributed by atoms with van der Waals surface area (Å²) in [6.45, 7) is 0. The topological polar surface area (TPSA) is 82.5 Å². The molecule has 3 N–H and O–H groups in total. The van der Waals surface area contributed by atoms with E-state index in [1.54, 1.807) is 24.3 Å². The van der Waals surface area contributed by atoms with Crippen LogP contribution in [0.4, 0.5) is 5.13 Å². The SMILES string of the molecule is O=C(Nc1nc(-c2ccc(O)cc2)cs1)C1(O)CCCC1. The van der Waals surface area contributed by atoms with Crippen molar-refractivity contribution in [1.29, 1.82) is 0 Å². The zero-order valence-corrected chi connectivity index (χ0v) is 12.2. The molecule has 1 aromatic heterocycles. The quantitative estimate of drug-likeness (QED) is 0.814. The lowest BCUT2D eigenvalue weighted by Crippen LogP contribution is -2.40. The molecule has 1 amide bonds. The van der Waals surface area contributed by atoms with Gasteiger partial charge >= 0.3 is 0 Å². The summed E-state index contributed by atoms with van der Waals surface area (Å²) in [4.78, 5) is 16.4. The minimum Gasteiger partial charge on any atom is -0.508 e. The van der Waals surface area contributed by atoms with Crippen molar-refractivity contribution in [1.82, 2.24) is 4.98 Å². The highest BCUT2D eigenvalue weighted by atomic mass is 32.1. The Balaban J connectivity index is 1.73. The Morgan fingerprint density at radius 3 is 2.57 bits per heavy atom. The highest BCUT2D eigenvalue weighted by Crippen LogP contribution is 2.32. The van der Waals surface area contributed by atoms with E-state index in [9.17, 15) is 15.0 Å². The summed E-state index contributed by atoms with van der Waals surface area (Å²) in [7, 11) is 0. The second-order valence-electron chi connectivity index (χ2n) is 5.28. The predicted molar refractivity (Wildman–Crippen MR) is 81.3 cm³/mol. The van der Waals surface area contributed by atoms with Gasteiger partial charge in [0.15, 0.2) is 5.13 Å². The van der Waals surface area contributed by atoms with E-state index in [0.29, 0.717) is 18.0 Å². The van der Waals surface area contributed by atoms with E-state index in [1.807, 2.05) is 5.38 Å². The number of aliphatic hydroxyl groups is 1. The molecule has 0 radical (unpaired) electrons. The molecule has 5 nitrogen and oxygen atoms in total. The van der Waals surface area contributed by atoms with Gasteiger partial charge in [-0.2, -0.15) is 0 Å². The van der Waals surface area contributed by atoms with Gasteiger partial charge in [-0.25, -0.2) is 4.98 Å². The fourth-order valence-electron chi connectivity index (χ4n) is 2.50. The number of carbonyl (C=O) groups excluding carboxylic acids is 1. The molecule has 1 fully saturated rings. The van der Waals surface area contributed by atoms with Crippen LogP contribution in [0.1, 0.15) is 25.7 Å². The van der Waals surface area contributed by atoms with E-state index in [1.165, 1.54) is 11.3 Å². The maximum atomic E-state index is 12.1. The van der Waals surface area contributed by atoms with E-state index < -0.39 is 5.60 Å². The first-order valence-electron chi connectivity index (χ1n) is 6.86. The molecule has 1 heterocycles. The van der Waals surface area contributed by atoms with Gasteiger partial charge < -0.3 is 10.2 Å². The molecule has 0 unspecified atom stereocenters. The van der Waals surface area contributed by atoms with E-state index in [2.05, 4.69) is 10.3 Å². The third-order valence-electron chi connectivity index (χ3n) is 3.74. The number of phenols is 1. The lowest BCUT2D eigenvalue weighted by atomic mass is 10.0. The predicted octanol–water partition coefficient (Wildman–Crippen LogP) is 2.76. The van der Waals surface area contributed by atoms with Gasteiger partial charge in [-0.05, 0) is 49.9 Å². The molecule has 1 aliphatic rings. The summed E-state index contributed by atoms with van der Waals surface area (Å²) < 4.78 is 0. The van der Waals surface area contributed by atoms with E-state index in [4.69, 9.17) is 0 Å². The standard InChI is InChI=1S/C15H16N2O3S/c18-11-5-3-10(4-6-11)12-9-21-14(16-12)17-13(19)15(20)7-1-2-8-15/h3-6,9,18,20H,1-2,7-8H2,(H,16,17,19). The number of hydrogen-bond donors (Lipinski definition) is 3. The van der Waals surface area contributed by atoms with Crippen LogP contribution in [0.2, 0.25) is 0 Å². The van der Waals surface area contributed by atoms with Gasteiger partial charge in [-0.1, -0.05) is 0 Å². The molecular weight excluding hydrogens is 288 g/mol. The molecule has 1 aromatic carbocycles. The molecule has 6 heteroatoms. The number of aromatic hydroxyl groups is 1. The monoisotopic (exact) mass is 304 g/mol. The van der Waals surface area contributed by atoms with Crippen molar-refractivity contribution in [3.63, 3.8) is 0 Å². The normalized spacial score (nSPS) is 16.8. The average molecular weight is 304 g/mol. The number of rotatable bonds is 3. The van der Waals surface area contributed by atoms with Gasteiger partial charge in [0.25, 0.3) is 5.91 Å². The minimum absolute atomic E-state index is 0.200. The number of nitrogens with zero attached hydrogens (tertiary/aromatic N) is 1. The number of nitrogens with one attached hydrogen (secondary N) is 1. The number of anilines is 1. The number of amides is 1. The lowest BCUT2D eigenvalue weighted by Gasteiger charge is -2.19. The van der Waals surface area contributed by atoms with Crippen LogP contribution in [0.5, 0.6) is 5.75 Å². The number of phenolic OH excluding ortho intramolecular Hbond substituents is 1. The van der Waals surface area contributed by atoms with Gasteiger partial charge in [0, 0.05) is 10.9 Å². The summed E-state index contributed by atoms with van der Waals surface area (Å²) in [5, 5.41) is 24.5. The first kappa shape index (κ1) is 14.0. The Labute approximate surface area is 126 Å². The largest absolute Gasteiger partial charge is 0.508 e. The van der Waals surface area contributed by atoms with Crippen molar-refractivity contribution in [2.45, 2.75) is 31.3 Å². The second kappa shape index (κ2) is 5.46. The van der Waals surface area contributed by atoms with Crippen molar-refractivity contribution >= 4 is 22.4 Å². The Bertz CT molecular complexity index is 645. The van der Waals surface area contributed by atoms with Crippen molar-refractivity contribution in [2.75, 3.05) is 5.32 Å². The Morgan fingerprint density at radius 1 is 1.24 bits per heavy atom. The number of thiazole rings is 1. The summed E-state index contributed by atoms with van der Waals surface area (Å²) in [5.41, 5.74) is 0.350. The summed E-state index contributed by atoms with van der Waals surface area (Å²) in [6, 6.07) is 6.71. The van der Waals surface area contributed by atoms with Crippen molar-refractivity contribution in [3.05, 3.63) is 29.6 Å². The van der Waals surface area contributed by atoms with Crippen LogP contribution in [0, 0.1) is 0 Å². The molecule has 0 saturated heterocycles. The summed E-state index contributed by atoms with van der Waals surface area (Å²) >= 11 is 1.32. The maximum Gasteiger partial charge on any atom is 0.258 e. The zero-order valence-electron chi connectivity index (χ0n) is 11.4. The fraction of sp³-hybridized carbons (Fsp3) is 0.333. The van der Waals surface area contributed by atoms with Gasteiger partial charge in [0.1, 0.15) is 11.4 Å². The molecule has 0 bridgehead atoms. The fourth-order valence-corrected chi connectivity index (χ4v) is 3.21. The average Bonchev–Trinajstić information content (AvgIpc) is 3.10. The van der Waals surface area contributed by atoms with Crippen LogP contribution in [-0.4, -0.2) is 26.7 Å². The number of benzene rings is 1. The van der Waals surface area contributed by atoms with E-state index in [0.717, 1.165) is 24.1 Å². The molecule has 0 atom stereocenters. The minimum atomic E-state index is -1.25. The third kappa shape index (κ3) is 2.91. The number of aromatic nitrogens is 1. The van der Waals surface area contributed by atoms with Crippen LogP contribution < -0.4 is 5.32 Å². The molecule has 3 rings (SSSR count). The molecular formula is C15H16N2O3S. The van der Waals surface area contributed by atoms with E-state index in [-0.39, 0.29) is 11.7 Å². The van der Waals surface area contributed by atoms with Crippen LogP contribution >= 0.6 is 11.3 Å². The van der Waals surface area contributed by atoms with Crippen LogP contribution in [-0.2, 0) is 4.79 Å². The molecule has 1 aliphatic carbocycles. The Hall–Kier alpha value is -1.92. The van der Waals surface area contributed by atoms with Crippen LogP contribution in [0.3, 0.4) is 0 Å². The van der Waals surface area contributed by atoms with Crippen molar-refractivity contribution < 1.29 is 15.0 Å². The van der Waals surface area contributed by atoms with E-state index >= 15 is 0 Å². The van der Waals surface area contributed by atoms with Gasteiger partial charge in [0.05, 0.1) is 5.69 Å². The number of hydrogen-bond acceptors (Lipinski definition) is 5. The highest BCUT2D eigenvalue weighted by molar-refractivity contribution is 7.14. The highest BCUT2D eigenvalue weighted by Gasteiger charge is 2.39. The summed E-state index contributed by atoms with van der Waals surface area (Å²) in [5.74, 6) is -0.169. The van der Waals surface area contributed by atoms with Crippen molar-refractivity contribution in [3.8, 4) is 17.0 Å². The molecule has 2 aromatic rings.